The van der Waals surface area contributed by atoms with Gasteiger partial charge in [-0.2, -0.15) is 0 Å². The topological polar surface area (TPSA) is 46.6 Å². The van der Waals surface area contributed by atoms with Crippen LogP contribution in [0.5, 0.6) is 5.75 Å². The average molecular weight is 480 g/mol. The number of hydrogen-bond acceptors (Lipinski definition) is 3. The van der Waals surface area contributed by atoms with Gasteiger partial charge in [-0.05, 0) is 53.9 Å². The van der Waals surface area contributed by atoms with Crippen molar-refractivity contribution in [3.63, 3.8) is 0 Å². The summed E-state index contributed by atoms with van der Waals surface area (Å²) in [6.45, 7) is 0.463. The molecule has 4 aromatic carbocycles. The lowest BCUT2D eigenvalue weighted by Gasteiger charge is -2.47. The summed E-state index contributed by atoms with van der Waals surface area (Å²) in [7, 11) is 0. The van der Waals surface area contributed by atoms with Crippen LogP contribution in [0, 0.1) is 5.82 Å². The third-order valence-corrected chi connectivity index (χ3v) is 6.58. The largest absolute Gasteiger partial charge is 0.489 e. The molecule has 2 atom stereocenters. The van der Waals surface area contributed by atoms with Gasteiger partial charge in [-0.3, -0.25) is 9.59 Å². The molecule has 0 bridgehead atoms. The van der Waals surface area contributed by atoms with Crippen LogP contribution in [-0.4, -0.2) is 17.7 Å². The third kappa shape index (κ3) is 5.05. The molecule has 0 saturated carbocycles. The van der Waals surface area contributed by atoms with E-state index in [0.717, 1.165) is 16.9 Å². The summed E-state index contributed by atoms with van der Waals surface area (Å²) in [6.07, 6.45) is 0.822. The van der Waals surface area contributed by atoms with E-state index in [1.807, 2.05) is 72.8 Å². The van der Waals surface area contributed by atoms with Crippen molar-refractivity contribution in [3.8, 4) is 5.75 Å². The molecule has 1 heterocycles. The van der Waals surface area contributed by atoms with Crippen LogP contribution in [0.1, 0.15) is 40.2 Å². The molecule has 0 spiro atoms. The SMILES string of the molecule is O=C(CC[C@H]1[C@@H](c2ccc(OCc3ccccc3)cc2)C(=O)N1c1ccc(F)cc1)c1ccccc1. The summed E-state index contributed by atoms with van der Waals surface area (Å²) in [5.74, 6) is -0.0262. The predicted molar refractivity (Wildman–Crippen MR) is 138 cm³/mol. The second-order valence-corrected chi connectivity index (χ2v) is 8.90. The van der Waals surface area contributed by atoms with E-state index in [1.165, 1.54) is 12.1 Å². The van der Waals surface area contributed by atoms with Crippen LogP contribution in [0.2, 0.25) is 0 Å². The van der Waals surface area contributed by atoms with E-state index >= 15 is 0 Å². The van der Waals surface area contributed by atoms with Gasteiger partial charge in [0.05, 0.1) is 12.0 Å². The Morgan fingerprint density at radius 2 is 1.44 bits per heavy atom. The third-order valence-electron chi connectivity index (χ3n) is 6.58. The lowest BCUT2D eigenvalue weighted by Crippen LogP contribution is -2.59. The first kappa shape index (κ1) is 23.5. The molecule has 1 fully saturated rings. The molecule has 5 heteroatoms. The van der Waals surface area contributed by atoms with Crippen LogP contribution < -0.4 is 9.64 Å². The zero-order valence-electron chi connectivity index (χ0n) is 19.7. The van der Waals surface area contributed by atoms with Gasteiger partial charge in [0.2, 0.25) is 5.91 Å². The van der Waals surface area contributed by atoms with E-state index in [4.69, 9.17) is 4.74 Å². The molecule has 0 aliphatic carbocycles. The van der Waals surface area contributed by atoms with Crippen LogP contribution in [0.15, 0.2) is 109 Å². The highest BCUT2D eigenvalue weighted by molar-refractivity contribution is 6.06. The van der Waals surface area contributed by atoms with Crippen molar-refractivity contribution in [2.75, 3.05) is 4.90 Å². The fourth-order valence-corrected chi connectivity index (χ4v) is 4.69. The monoisotopic (exact) mass is 479 g/mol. The number of nitrogens with zero attached hydrogens (tertiary/aromatic N) is 1. The maximum Gasteiger partial charge on any atom is 0.236 e. The van der Waals surface area contributed by atoms with Crippen molar-refractivity contribution in [1.82, 2.24) is 0 Å². The van der Waals surface area contributed by atoms with Crippen molar-refractivity contribution in [2.45, 2.75) is 31.4 Å². The number of Topliss-reactive ketones (excluding diaryl/α,β-unsaturated/α-hetero) is 1. The van der Waals surface area contributed by atoms with Crippen LogP contribution >= 0.6 is 0 Å². The van der Waals surface area contributed by atoms with E-state index in [9.17, 15) is 14.0 Å². The fraction of sp³-hybridized carbons (Fsp3) is 0.161. The number of rotatable bonds is 9. The lowest BCUT2D eigenvalue weighted by atomic mass is 9.78. The number of carbonyl (C=O) groups is 2. The molecule has 1 saturated heterocycles. The maximum atomic E-state index is 13.5. The molecular formula is C31H26FNO3. The molecule has 0 radical (unpaired) electrons. The Morgan fingerprint density at radius 3 is 2.11 bits per heavy atom. The number of ether oxygens (including phenoxy) is 1. The molecule has 4 nitrogen and oxygen atoms in total. The first-order valence-corrected chi connectivity index (χ1v) is 12.0. The van der Waals surface area contributed by atoms with Gasteiger partial charge in [0, 0.05) is 17.7 Å². The summed E-state index contributed by atoms with van der Waals surface area (Å²) in [5, 5.41) is 0. The Bertz CT molecular complexity index is 1320. The minimum Gasteiger partial charge on any atom is -0.489 e. The van der Waals surface area contributed by atoms with Crippen molar-refractivity contribution >= 4 is 17.4 Å². The van der Waals surface area contributed by atoms with Gasteiger partial charge in [-0.25, -0.2) is 4.39 Å². The summed E-state index contributed by atoms with van der Waals surface area (Å²) in [5.41, 5.74) is 3.25. The highest BCUT2D eigenvalue weighted by Gasteiger charge is 2.48. The summed E-state index contributed by atoms with van der Waals surface area (Å²) >= 11 is 0. The van der Waals surface area contributed by atoms with Crippen molar-refractivity contribution in [1.29, 1.82) is 0 Å². The highest BCUT2D eigenvalue weighted by atomic mass is 19.1. The normalized spacial score (nSPS) is 16.9. The molecule has 180 valence electrons. The van der Waals surface area contributed by atoms with Crippen molar-refractivity contribution in [2.24, 2.45) is 0 Å². The second-order valence-electron chi connectivity index (χ2n) is 8.90. The van der Waals surface area contributed by atoms with E-state index in [2.05, 4.69) is 0 Å². The predicted octanol–water partition coefficient (Wildman–Crippen LogP) is 6.57. The Morgan fingerprint density at radius 1 is 0.806 bits per heavy atom. The molecule has 36 heavy (non-hydrogen) atoms. The number of amides is 1. The van der Waals surface area contributed by atoms with E-state index < -0.39 is 0 Å². The number of anilines is 1. The van der Waals surface area contributed by atoms with Gasteiger partial charge in [0.25, 0.3) is 0 Å². The molecule has 4 aromatic rings. The molecule has 5 rings (SSSR count). The van der Waals surface area contributed by atoms with Gasteiger partial charge in [-0.1, -0.05) is 72.8 Å². The van der Waals surface area contributed by atoms with Gasteiger partial charge in [0.1, 0.15) is 18.2 Å². The van der Waals surface area contributed by atoms with Crippen LogP contribution in [0.25, 0.3) is 0 Å². The summed E-state index contributed by atoms with van der Waals surface area (Å²) in [6, 6.07) is 32.4. The van der Waals surface area contributed by atoms with Gasteiger partial charge >= 0.3 is 0 Å². The van der Waals surface area contributed by atoms with Crippen LogP contribution in [-0.2, 0) is 11.4 Å². The standard InChI is InChI=1S/C31H26FNO3/c32-25-13-15-26(16-14-25)33-28(19-20-29(34)23-9-5-2-6-10-23)30(31(33)35)24-11-17-27(18-12-24)36-21-22-7-3-1-4-8-22/h1-18,28,30H,19-21H2/t28-,30+/m0/s1. The summed E-state index contributed by atoms with van der Waals surface area (Å²) < 4.78 is 19.4. The Balaban J connectivity index is 1.32. The highest BCUT2D eigenvalue weighted by Crippen LogP contribution is 2.42. The minimum atomic E-state index is -0.373. The second kappa shape index (κ2) is 10.6. The Labute approximate surface area is 210 Å². The Hall–Kier alpha value is -4.25. The number of β-lactam (4-membered cyclic amide) rings is 1. The number of halogens is 1. The maximum absolute atomic E-state index is 13.5. The number of ketones is 1. The van der Waals surface area contributed by atoms with Gasteiger partial charge in [0.15, 0.2) is 5.78 Å². The number of benzene rings is 4. The first-order valence-electron chi connectivity index (χ1n) is 12.0. The summed E-state index contributed by atoms with van der Waals surface area (Å²) in [4.78, 5) is 27.7. The van der Waals surface area contributed by atoms with Crippen LogP contribution in [0.3, 0.4) is 0 Å². The molecule has 0 N–H and O–H groups in total. The minimum absolute atomic E-state index is 0.0393. The molecular weight excluding hydrogens is 453 g/mol. The van der Waals surface area contributed by atoms with E-state index in [-0.39, 0.29) is 29.5 Å². The smallest absolute Gasteiger partial charge is 0.236 e. The van der Waals surface area contributed by atoms with Gasteiger partial charge < -0.3 is 9.64 Å². The first-order chi connectivity index (χ1) is 17.6. The zero-order valence-corrected chi connectivity index (χ0v) is 19.7. The molecule has 1 aliphatic heterocycles. The number of hydrogen-bond donors (Lipinski definition) is 0. The van der Waals surface area contributed by atoms with Gasteiger partial charge in [-0.15, -0.1) is 0 Å². The van der Waals surface area contributed by atoms with E-state index in [1.54, 1.807) is 29.2 Å². The lowest BCUT2D eigenvalue weighted by molar-refractivity contribution is -0.126. The quantitative estimate of drug-likeness (QED) is 0.202. The molecule has 1 amide bonds. The fourth-order valence-electron chi connectivity index (χ4n) is 4.69. The average Bonchev–Trinajstić information content (AvgIpc) is 2.92. The molecule has 0 unspecified atom stereocenters. The molecule has 1 aliphatic rings. The zero-order chi connectivity index (χ0) is 24.9. The van der Waals surface area contributed by atoms with Crippen molar-refractivity contribution < 1.29 is 18.7 Å². The van der Waals surface area contributed by atoms with E-state index in [0.29, 0.717) is 30.7 Å². The Kier molecular flexibility index (Phi) is 6.89. The molecule has 0 aromatic heterocycles. The van der Waals surface area contributed by atoms with Crippen LogP contribution in [0.4, 0.5) is 10.1 Å². The number of carbonyl (C=O) groups excluding carboxylic acids is 2. The van der Waals surface area contributed by atoms with Crippen molar-refractivity contribution in [3.05, 3.63) is 132 Å².